The van der Waals surface area contributed by atoms with Crippen LogP contribution in [0.3, 0.4) is 0 Å². The highest BCUT2D eigenvalue weighted by Gasteiger charge is 2.24. The highest BCUT2D eigenvalue weighted by molar-refractivity contribution is 6.30. The Labute approximate surface area is 146 Å². The van der Waals surface area contributed by atoms with Gasteiger partial charge in [0.1, 0.15) is 0 Å². The standard InChI is InChI=1S/C20H18ClNO2/c1-2-3-5-14-8-10-16(11-9-14)19-22-18(20(23)24-19)13-15-6-4-7-17(21)12-15/h4,6-13H,2-3,5H2,1H3/b18-13-. The smallest absolute Gasteiger partial charge is 0.363 e. The number of hydrogen-bond acceptors (Lipinski definition) is 3. The van der Waals surface area contributed by atoms with Gasteiger partial charge in [0, 0.05) is 10.6 Å². The van der Waals surface area contributed by atoms with Crippen LogP contribution in [0.25, 0.3) is 6.08 Å². The van der Waals surface area contributed by atoms with Gasteiger partial charge in [-0.25, -0.2) is 9.79 Å². The van der Waals surface area contributed by atoms with Crippen molar-refractivity contribution >= 4 is 29.5 Å². The van der Waals surface area contributed by atoms with Crippen molar-refractivity contribution in [2.24, 2.45) is 4.99 Å². The molecule has 2 aromatic rings. The van der Waals surface area contributed by atoms with E-state index in [1.54, 1.807) is 18.2 Å². The predicted molar refractivity (Wildman–Crippen MR) is 97.1 cm³/mol. The highest BCUT2D eigenvalue weighted by atomic mass is 35.5. The molecule has 1 heterocycles. The van der Waals surface area contributed by atoms with Gasteiger partial charge >= 0.3 is 5.97 Å². The molecule has 3 nitrogen and oxygen atoms in total. The normalized spacial score (nSPS) is 15.5. The number of ether oxygens (including phenoxy) is 1. The van der Waals surface area contributed by atoms with Crippen molar-refractivity contribution in [1.82, 2.24) is 0 Å². The summed E-state index contributed by atoms with van der Waals surface area (Å²) >= 11 is 5.96. The third-order valence-corrected chi connectivity index (χ3v) is 4.03. The van der Waals surface area contributed by atoms with Gasteiger partial charge in [-0.3, -0.25) is 0 Å². The van der Waals surface area contributed by atoms with Crippen LogP contribution in [0, 0.1) is 0 Å². The molecule has 0 N–H and O–H groups in total. The number of esters is 1. The lowest BCUT2D eigenvalue weighted by molar-refractivity contribution is -0.129. The molecule has 24 heavy (non-hydrogen) atoms. The van der Waals surface area contributed by atoms with Crippen LogP contribution in [-0.4, -0.2) is 11.9 Å². The quantitative estimate of drug-likeness (QED) is 0.566. The van der Waals surface area contributed by atoms with E-state index in [0.717, 1.165) is 17.5 Å². The lowest BCUT2D eigenvalue weighted by atomic mass is 10.1. The number of nitrogens with zero attached hydrogens (tertiary/aromatic N) is 1. The van der Waals surface area contributed by atoms with Gasteiger partial charge < -0.3 is 4.74 Å². The SMILES string of the molecule is CCCCc1ccc(C2=N/C(=C\c3cccc(Cl)c3)C(=O)O2)cc1. The minimum absolute atomic E-state index is 0.280. The van der Waals surface area contributed by atoms with Gasteiger partial charge in [0.15, 0.2) is 5.70 Å². The van der Waals surface area contributed by atoms with Crippen LogP contribution in [-0.2, 0) is 16.0 Å². The Morgan fingerprint density at radius 3 is 2.67 bits per heavy atom. The van der Waals surface area contributed by atoms with Crippen molar-refractivity contribution in [2.45, 2.75) is 26.2 Å². The molecule has 0 radical (unpaired) electrons. The minimum Gasteiger partial charge on any atom is -0.402 e. The first-order chi connectivity index (χ1) is 11.7. The van der Waals surface area contributed by atoms with Crippen molar-refractivity contribution in [3.63, 3.8) is 0 Å². The van der Waals surface area contributed by atoms with Crippen LogP contribution < -0.4 is 0 Å². The molecule has 0 amide bonds. The lowest BCUT2D eigenvalue weighted by Crippen LogP contribution is -2.05. The maximum absolute atomic E-state index is 12.0. The summed E-state index contributed by atoms with van der Waals surface area (Å²) in [5, 5.41) is 0.614. The summed E-state index contributed by atoms with van der Waals surface area (Å²) in [4.78, 5) is 16.3. The van der Waals surface area contributed by atoms with E-state index in [1.165, 1.54) is 18.4 Å². The van der Waals surface area contributed by atoms with E-state index in [1.807, 2.05) is 24.3 Å². The number of aryl methyl sites for hydroxylation is 1. The Bertz CT molecular complexity index is 807. The maximum Gasteiger partial charge on any atom is 0.363 e. The third-order valence-electron chi connectivity index (χ3n) is 3.79. The average Bonchev–Trinajstić information content (AvgIpc) is 2.94. The summed E-state index contributed by atoms with van der Waals surface area (Å²) in [6, 6.07) is 15.2. The second-order valence-corrected chi connectivity index (χ2v) is 6.13. The Morgan fingerprint density at radius 2 is 1.96 bits per heavy atom. The molecule has 0 saturated carbocycles. The number of rotatable bonds is 5. The molecular weight excluding hydrogens is 322 g/mol. The van der Waals surface area contributed by atoms with Crippen molar-refractivity contribution < 1.29 is 9.53 Å². The molecule has 0 atom stereocenters. The van der Waals surface area contributed by atoms with E-state index in [2.05, 4.69) is 24.0 Å². The van der Waals surface area contributed by atoms with Crippen molar-refractivity contribution in [1.29, 1.82) is 0 Å². The molecule has 0 spiro atoms. The number of aliphatic imine (C=N–C) groups is 1. The molecule has 1 aliphatic heterocycles. The molecule has 1 aliphatic rings. The average molecular weight is 340 g/mol. The molecule has 0 unspecified atom stereocenters. The van der Waals surface area contributed by atoms with Crippen LogP contribution in [0.15, 0.2) is 59.2 Å². The Morgan fingerprint density at radius 1 is 1.17 bits per heavy atom. The monoisotopic (exact) mass is 339 g/mol. The van der Waals surface area contributed by atoms with Crippen LogP contribution in [0.2, 0.25) is 5.02 Å². The van der Waals surface area contributed by atoms with Crippen LogP contribution in [0.1, 0.15) is 36.5 Å². The zero-order chi connectivity index (χ0) is 16.9. The van der Waals surface area contributed by atoms with Crippen molar-refractivity contribution in [3.8, 4) is 0 Å². The highest BCUT2D eigenvalue weighted by Crippen LogP contribution is 2.21. The van der Waals surface area contributed by atoms with E-state index >= 15 is 0 Å². The maximum atomic E-state index is 12.0. The summed E-state index contributed by atoms with van der Waals surface area (Å²) in [6.45, 7) is 2.18. The molecule has 2 aromatic carbocycles. The van der Waals surface area contributed by atoms with E-state index in [0.29, 0.717) is 10.9 Å². The number of benzene rings is 2. The van der Waals surface area contributed by atoms with Gasteiger partial charge in [0.25, 0.3) is 0 Å². The largest absolute Gasteiger partial charge is 0.402 e. The first-order valence-corrected chi connectivity index (χ1v) is 8.41. The fraction of sp³-hybridized carbons (Fsp3) is 0.200. The number of carbonyl (C=O) groups excluding carboxylic acids is 1. The van der Waals surface area contributed by atoms with E-state index in [-0.39, 0.29) is 5.70 Å². The zero-order valence-electron chi connectivity index (χ0n) is 13.5. The van der Waals surface area contributed by atoms with Gasteiger partial charge in [-0.05, 0) is 54.3 Å². The zero-order valence-corrected chi connectivity index (χ0v) is 14.2. The first-order valence-electron chi connectivity index (χ1n) is 8.03. The van der Waals surface area contributed by atoms with Crippen molar-refractivity contribution in [2.75, 3.05) is 0 Å². The molecule has 0 saturated heterocycles. The van der Waals surface area contributed by atoms with E-state index in [4.69, 9.17) is 16.3 Å². The van der Waals surface area contributed by atoms with Crippen LogP contribution >= 0.6 is 11.6 Å². The third kappa shape index (κ3) is 3.92. The van der Waals surface area contributed by atoms with Crippen LogP contribution in [0.4, 0.5) is 0 Å². The molecule has 0 fully saturated rings. The second-order valence-electron chi connectivity index (χ2n) is 5.69. The number of unbranched alkanes of at least 4 members (excludes halogenated alkanes) is 1. The number of halogens is 1. The number of carbonyl (C=O) groups is 1. The fourth-order valence-electron chi connectivity index (χ4n) is 2.48. The fourth-order valence-corrected chi connectivity index (χ4v) is 2.68. The minimum atomic E-state index is -0.444. The Hall–Kier alpha value is -2.39. The van der Waals surface area contributed by atoms with Gasteiger partial charge in [0.05, 0.1) is 0 Å². The summed E-state index contributed by atoms with van der Waals surface area (Å²) < 4.78 is 5.29. The Balaban J connectivity index is 1.81. The molecular formula is C20H18ClNO2. The lowest BCUT2D eigenvalue weighted by Gasteiger charge is -2.02. The van der Waals surface area contributed by atoms with Gasteiger partial charge in [-0.2, -0.15) is 0 Å². The summed E-state index contributed by atoms with van der Waals surface area (Å²) in [5.41, 5.74) is 3.18. The van der Waals surface area contributed by atoms with E-state index < -0.39 is 5.97 Å². The first kappa shape index (κ1) is 16.5. The Kier molecular flexibility index (Phi) is 5.11. The number of cyclic esters (lactones) is 1. The summed E-state index contributed by atoms with van der Waals surface area (Å²) in [6.07, 6.45) is 5.07. The topological polar surface area (TPSA) is 38.7 Å². The molecule has 0 aliphatic carbocycles. The second kappa shape index (κ2) is 7.45. The summed E-state index contributed by atoms with van der Waals surface area (Å²) in [7, 11) is 0. The van der Waals surface area contributed by atoms with Crippen molar-refractivity contribution in [3.05, 3.63) is 75.9 Å². The van der Waals surface area contributed by atoms with Gasteiger partial charge in [0.2, 0.25) is 5.90 Å². The molecule has 4 heteroatoms. The van der Waals surface area contributed by atoms with Gasteiger partial charge in [-0.15, -0.1) is 0 Å². The van der Waals surface area contributed by atoms with Crippen LogP contribution in [0.5, 0.6) is 0 Å². The van der Waals surface area contributed by atoms with E-state index in [9.17, 15) is 4.79 Å². The molecule has 122 valence electrons. The molecule has 0 bridgehead atoms. The molecule has 3 rings (SSSR count). The molecule has 0 aromatic heterocycles. The predicted octanol–water partition coefficient (Wildman–Crippen LogP) is 5.03. The van der Waals surface area contributed by atoms with Gasteiger partial charge in [-0.1, -0.05) is 49.2 Å². The summed E-state index contributed by atoms with van der Waals surface area (Å²) in [5.74, 6) is -0.102. The number of hydrogen-bond donors (Lipinski definition) is 0.